The second-order valence-corrected chi connectivity index (χ2v) is 4.47. The van der Waals surface area contributed by atoms with Gasteiger partial charge >= 0.3 is 0 Å². The van der Waals surface area contributed by atoms with E-state index >= 15 is 0 Å². The fraction of sp³-hybridized carbons (Fsp3) is 0.750. The largest absolute Gasteiger partial charge is 0.328 e. The van der Waals surface area contributed by atoms with Gasteiger partial charge in [-0.25, -0.2) is 0 Å². The number of aryl methyl sites for hydroxylation is 1. The van der Waals surface area contributed by atoms with Crippen molar-refractivity contribution in [2.24, 2.45) is 5.73 Å². The molecule has 1 aromatic rings. The van der Waals surface area contributed by atoms with Crippen LogP contribution in [0.15, 0.2) is 12.3 Å². The summed E-state index contributed by atoms with van der Waals surface area (Å²) in [5, 5.41) is 4.50. The van der Waals surface area contributed by atoms with Gasteiger partial charge in [-0.1, -0.05) is 13.3 Å². The molecule has 0 aromatic carbocycles. The van der Waals surface area contributed by atoms with Gasteiger partial charge in [-0.3, -0.25) is 4.68 Å². The van der Waals surface area contributed by atoms with Gasteiger partial charge in [0.1, 0.15) is 0 Å². The molecule has 0 saturated heterocycles. The molecule has 1 unspecified atom stereocenters. The van der Waals surface area contributed by atoms with Crippen LogP contribution in [0.1, 0.15) is 51.8 Å². The van der Waals surface area contributed by atoms with E-state index in [-0.39, 0.29) is 0 Å². The van der Waals surface area contributed by atoms with Gasteiger partial charge in [0.05, 0.1) is 5.69 Å². The molecule has 0 spiro atoms. The second kappa shape index (κ2) is 5.91. The van der Waals surface area contributed by atoms with Crippen molar-refractivity contribution in [3.63, 3.8) is 0 Å². The molecule has 0 amide bonds. The summed E-state index contributed by atoms with van der Waals surface area (Å²) in [6.45, 7) is 6.45. The van der Waals surface area contributed by atoms with Crippen molar-refractivity contribution in [1.29, 1.82) is 0 Å². The number of aromatic nitrogens is 2. The monoisotopic (exact) mass is 209 g/mol. The third kappa shape index (κ3) is 4.04. The van der Waals surface area contributed by atoms with Crippen molar-refractivity contribution in [2.75, 3.05) is 0 Å². The molecule has 0 fully saturated rings. The van der Waals surface area contributed by atoms with Crippen molar-refractivity contribution in [1.82, 2.24) is 9.78 Å². The zero-order chi connectivity index (χ0) is 11.3. The lowest BCUT2D eigenvalue weighted by Crippen LogP contribution is -2.20. The Kier molecular flexibility index (Phi) is 4.82. The van der Waals surface area contributed by atoms with Gasteiger partial charge in [0.25, 0.3) is 0 Å². The first-order chi connectivity index (χ1) is 7.13. The van der Waals surface area contributed by atoms with Crippen molar-refractivity contribution in [3.05, 3.63) is 18.0 Å². The average molecular weight is 209 g/mol. The summed E-state index contributed by atoms with van der Waals surface area (Å²) in [5.41, 5.74) is 7.13. The quantitative estimate of drug-likeness (QED) is 0.782. The minimum atomic E-state index is 0.333. The van der Waals surface area contributed by atoms with E-state index in [1.54, 1.807) is 0 Å². The van der Waals surface area contributed by atoms with Crippen LogP contribution in [0.4, 0.5) is 0 Å². The summed E-state index contributed by atoms with van der Waals surface area (Å²) >= 11 is 0. The lowest BCUT2D eigenvalue weighted by molar-refractivity contribution is 0.516. The van der Waals surface area contributed by atoms with Gasteiger partial charge in [-0.05, 0) is 39.2 Å². The second-order valence-electron chi connectivity index (χ2n) is 4.47. The molecule has 2 N–H and O–H groups in total. The van der Waals surface area contributed by atoms with Crippen molar-refractivity contribution in [2.45, 2.75) is 58.5 Å². The standard InChI is InChI=1S/C12H23N3/c1-4-5-11(13)6-7-12-8-9-15(14-12)10(2)3/h8-11H,4-7,13H2,1-3H3. The molecule has 0 aliphatic heterocycles. The Morgan fingerprint density at radius 3 is 2.67 bits per heavy atom. The number of hydrogen-bond donors (Lipinski definition) is 1. The average Bonchev–Trinajstić information content (AvgIpc) is 2.63. The van der Waals surface area contributed by atoms with Crippen LogP contribution in [0, 0.1) is 0 Å². The van der Waals surface area contributed by atoms with Crippen LogP contribution < -0.4 is 5.73 Å². The van der Waals surface area contributed by atoms with Crippen LogP contribution in [-0.2, 0) is 6.42 Å². The Balaban J connectivity index is 2.37. The summed E-state index contributed by atoms with van der Waals surface area (Å²) in [7, 11) is 0. The Morgan fingerprint density at radius 1 is 1.40 bits per heavy atom. The topological polar surface area (TPSA) is 43.8 Å². The Labute approximate surface area is 92.7 Å². The number of nitrogens with two attached hydrogens (primary N) is 1. The molecule has 86 valence electrons. The van der Waals surface area contributed by atoms with Crippen LogP contribution in [0.5, 0.6) is 0 Å². The van der Waals surface area contributed by atoms with E-state index in [1.807, 2.05) is 10.9 Å². The summed E-state index contributed by atoms with van der Waals surface area (Å²) < 4.78 is 2.00. The molecular formula is C12H23N3. The number of rotatable bonds is 6. The highest BCUT2D eigenvalue weighted by Crippen LogP contribution is 2.08. The van der Waals surface area contributed by atoms with E-state index in [4.69, 9.17) is 5.73 Å². The normalized spacial score (nSPS) is 13.4. The molecule has 1 aromatic heterocycles. The lowest BCUT2D eigenvalue weighted by Gasteiger charge is -2.08. The molecule has 0 aliphatic carbocycles. The van der Waals surface area contributed by atoms with Crippen LogP contribution >= 0.6 is 0 Å². The van der Waals surface area contributed by atoms with Gasteiger partial charge in [-0.15, -0.1) is 0 Å². The van der Waals surface area contributed by atoms with Gasteiger partial charge in [-0.2, -0.15) is 5.10 Å². The summed E-state index contributed by atoms with van der Waals surface area (Å²) in [5.74, 6) is 0. The zero-order valence-electron chi connectivity index (χ0n) is 10.1. The van der Waals surface area contributed by atoms with Crippen LogP contribution in [-0.4, -0.2) is 15.8 Å². The van der Waals surface area contributed by atoms with E-state index in [9.17, 15) is 0 Å². The Hall–Kier alpha value is -0.830. The van der Waals surface area contributed by atoms with E-state index in [0.29, 0.717) is 12.1 Å². The third-order valence-corrected chi connectivity index (χ3v) is 2.62. The maximum absolute atomic E-state index is 5.96. The van der Waals surface area contributed by atoms with Gasteiger partial charge in [0.15, 0.2) is 0 Å². The minimum Gasteiger partial charge on any atom is -0.328 e. The highest BCUT2D eigenvalue weighted by Gasteiger charge is 2.05. The number of nitrogens with zero attached hydrogens (tertiary/aromatic N) is 2. The van der Waals surface area contributed by atoms with Crippen molar-refractivity contribution in [3.8, 4) is 0 Å². The molecule has 15 heavy (non-hydrogen) atoms. The van der Waals surface area contributed by atoms with E-state index in [0.717, 1.165) is 25.0 Å². The smallest absolute Gasteiger partial charge is 0.0625 e. The number of hydrogen-bond acceptors (Lipinski definition) is 2. The molecule has 0 radical (unpaired) electrons. The maximum atomic E-state index is 5.96. The zero-order valence-corrected chi connectivity index (χ0v) is 10.1. The molecule has 1 heterocycles. The van der Waals surface area contributed by atoms with Gasteiger partial charge in [0, 0.05) is 18.3 Å². The van der Waals surface area contributed by atoms with Crippen LogP contribution in [0.3, 0.4) is 0 Å². The minimum absolute atomic E-state index is 0.333. The highest BCUT2D eigenvalue weighted by atomic mass is 15.3. The molecule has 1 atom stereocenters. The van der Waals surface area contributed by atoms with Crippen LogP contribution in [0.25, 0.3) is 0 Å². The molecule has 3 nitrogen and oxygen atoms in total. The first kappa shape index (κ1) is 12.2. The lowest BCUT2D eigenvalue weighted by atomic mass is 10.1. The van der Waals surface area contributed by atoms with Crippen LogP contribution in [0.2, 0.25) is 0 Å². The highest BCUT2D eigenvalue weighted by molar-refractivity contribution is 5.00. The molecule has 1 rings (SSSR count). The summed E-state index contributed by atoms with van der Waals surface area (Å²) in [4.78, 5) is 0. The fourth-order valence-corrected chi connectivity index (χ4v) is 1.65. The molecule has 3 heteroatoms. The first-order valence-corrected chi connectivity index (χ1v) is 5.93. The predicted molar refractivity (Wildman–Crippen MR) is 63.8 cm³/mol. The molecule has 0 aliphatic rings. The van der Waals surface area contributed by atoms with Crippen molar-refractivity contribution < 1.29 is 0 Å². The van der Waals surface area contributed by atoms with E-state index in [1.165, 1.54) is 6.42 Å². The molecular weight excluding hydrogens is 186 g/mol. The first-order valence-electron chi connectivity index (χ1n) is 5.93. The third-order valence-electron chi connectivity index (χ3n) is 2.62. The van der Waals surface area contributed by atoms with Crippen molar-refractivity contribution >= 4 is 0 Å². The predicted octanol–water partition coefficient (Wildman–Crippen LogP) is 2.52. The summed E-state index contributed by atoms with van der Waals surface area (Å²) in [6.07, 6.45) is 6.38. The van der Waals surface area contributed by atoms with E-state index in [2.05, 4.69) is 31.9 Å². The fourth-order valence-electron chi connectivity index (χ4n) is 1.65. The molecule has 0 bridgehead atoms. The molecule has 0 saturated carbocycles. The maximum Gasteiger partial charge on any atom is 0.0625 e. The SMILES string of the molecule is CCCC(N)CCc1ccn(C(C)C)n1. The van der Waals surface area contributed by atoms with Gasteiger partial charge < -0.3 is 5.73 Å². The Bertz CT molecular complexity index is 278. The van der Waals surface area contributed by atoms with E-state index < -0.39 is 0 Å². The van der Waals surface area contributed by atoms with Gasteiger partial charge in [0.2, 0.25) is 0 Å². The Morgan fingerprint density at radius 2 is 2.13 bits per heavy atom. The summed E-state index contributed by atoms with van der Waals surface area (Å²) in [6, 6.07) is 2.88.